The zero-order valence-electron chi connectivity index (χ0n) is 9.64. The molecule has 3 aromatic rings. The topological polar surface area (TPSA) is 56.5 Å². The molecule has 0 atom stereocenters. The fourth-order valence-corrected chi connectivity index (χ4v) is 1.76. The van der Waals surface area contributed by atoms with Gasteiger partial charge in [0.15, 0.2) is 0 Å². The highest BCUT2D eigenvalue weighted by atomic mass is 15.3. The monoisotopic (exact) mass is 237 g/mol. The van der Waals surface area contributed by atoms with Crippen LogP contribution in [-0.4, -0.2) is 25.2 Å². The quantitative estimate of drug-likeness (QED) is 0.696. The predicted molar refractivity (Wildman–Crippen MR) is 66.6 cm³/mol. The van der Waals surface area contributed by atoms with Crippen molar-refractivity contribution in [3.8, 4) is 11.1 Å². The van der Waals surface area contributed by atoms with E-state index in [0.717, 1.165) is 17.7 Å². The molecule has 0 saturated carbocycles. The van der Waals surface area contributed by atoms with Crippen LogP contribution in [0.3, 0.4) is 0 Å². The van der Waals surface area contributed by atoms with Gasteiger partial charge in [-0.2, -0.15) is 5.10 Å². The van der Waals surface area contributed by atoms with Crippen molar-refractivity contribution in [1.82, 2.24) is 25.2 Å². The van der Waals surface area contributed by atoms with Gasteiger partial charge < -0.3 is 0 Å². The molecule has 0 spiro atoms. The molecule has 0 aliphatic heterocycles. The van der Waals surface area contributed by atoms with Crippen molar-refractivity contribution in [2.75, 3.05) is 0 Å². The Kier molecular flexibility index (Phi) is 2.79. The SMILES string of the molecule is c1ccc(Cn2cc(-c3cnnnc3)cn2)cc1. The molecule has 0 aliphatic rings. The Labute approximate surface area is 104 Å². The molecule has 18 heavy (non-hydrogen) atoms. The third kappa shape index (κ3) is 2.24. The number of benzene rings is 1. The van der Waals surface area contributed by atoms with Gasteiger partial charge in [-0.05, 0) is 10.8 Å². The van der Waals surface area contributed by atoms with Crippen LogP contribution in [-0.2, 0) is 6.54 Å². The van der Waals surface area contributed by atoms with E-state index in [9.17, 15) is 0 Å². The van der Waals surface area contributed by atoms with Crippen molar-refractivity contribution in [2.45, 2.75) is 6.54 Å². The van der Waals surface area contributed by atoms with Crippen LogP contribution in [0.15, 0.2) is 55.1 Å². The van der Waals surface area contributed by atoms with Crippen LogP contribution in [0.1, 0.15) is 5.56 Å². The Hall–Kier alpha value is -2.56. The molecule has 0 fully saturated rings. The van der Waals surface area contributed by atoms with Gasteiger partial charge in [-0.1, -0.05) is 30.3 Å². The maximum Gasteiger partial charge on any atom is 0.0659 e. The molecule has 0 bridgehead atoms. The van der Waals surface area contributed by atoms with Crippen molar-refractivity contribution < 1.29 is 0 Å². The van der Waals surface area contributed by atoms with E-state index in [2.05, 4.69) is 32.6 Å². The highest BCUT2D eigenvalue weighted by molar-refractivity contribution is 5.58. The van der Waals surface area contributed by atoms with Gasteiger partial charge in [0.1, 0.15) is 0 Å². The molecular formula is C13H11N5. The summed E-state index contributed by atoms with van der Waals surface area (Å²) in [5, 5.41) is 15.4. The third-order valence-electron chi connectivity index (χ3n) is 2.65. The first-order valence-corrected chi connectivity index (χ1v) is 5.62. The van der Waals surface area contributed by atoms with E-state index in [0.29, 0.717) is 0 Å². The average molecular weight is 237 g/mol. The van der Waals surface area contributed by atoms with Gasteiger partial charge in [0.2, 0.25) is 0 Å². The molecule has 0 aliphatic carbocycles. The molecule has 0 saturated heterocycles. The van der Waals surface area contributed by atoms with Crippen LogP contribution in [0.2, 0.25) is 0 Å². The Morgan fingerprint density at radius 3 is 2.44 bits per heavy atom. The number of rotatable bonds is 3. The van der Waals surface area contributed by atoms with Crippen molar-refractivity contribution in [3.63, 3.8) is 0 Å². The van der Waals surface area contributed by atoms with E-state index in [1.54, 1.807) is 12.4 Å². The number of nitrogens with zero attached hydrogens (tertiary/aromatic N) is 5. The third-order valence-corrected chi connectivity index (χ3v) is 2.65. The van der Waals surface area contributed by atoms with Crippen molar-refractivity contribution in [3.05, 3.63) is 60.7 Å². The Morgan fingerprint density at radius 2 is 1.67 bits per heavy atom. The predicted octanol–water partition coefficient (Wildman–Crippen LogP) is 1.78. The second-order valence-corrected chi connectivity index (χ2v) is 3.95. The van der Waals surface area contributed by atoms with E-state index in [-0.39, 0.29) is 0 Å². The second kappa shape index (κ2) is 4.75. The van der Waals surface area contributed by atoms with Crippen molar-refractivity contribution in [1.29, 1.82) is 0 Å². The average Bonchev–Trinajstić information content (AvgIpc) is 2.89. The van der Waals surface area contributed by atoms with E-state index >= 15 is 0 Å². The van der Waals surface area contributed by atoms with E-state index < -0.39 is 0 Å². The minimum absolute atomic E-state index is 0.757. The highest BCUT2D eigenvalue weighted by Gasteiger charge is 2.02. The zero-order chi connectivity index (χ0) is 12.2. The van der Waals surface area contributed by atoms with Crippen LogP contribution in [0.25, 0.3) is 11.1 Å². The van der Waals surface area contributed by atoms with Gasteiger partial charge in [-0.15, -0.1) is 10.2 Å². The number of hydrogen-bond acceptors (Lipinski definition) is 4. The summed E-state index contributed by atoms with van der Waals surface area (Å²) in [4.78, 5) is 0. The van der Waals surface area contributed by atoms with Crippen molar-refractivity contribution in [2.24, 2.45) is 0 Å². The maximum absolute atomic E-state index is 4.33. The first-order chi connectivity index (χ1) is 8.92. The van der Waals surface area contributed by atoms with Crippen molar-refractivity contribution >= 4 is 0 Å². The molecule has 2 heterocycles. The lowest BCUT2D eigenvalue weighted by atomic mass is 10.2. The Balaban J connectivity index is 1.82. The minimum Gasteiger partial charge on any atom is -0.268 e. The van der Waals surface area contributed by atoms with Crippen LogP contribution < -0.4 is 0 Å². The molecule has 0 radical (unpaired) electrons. The summed E-state index contributed by atoms with van der Waals surface area (Å²) in [6.45, 7) is 0.757. The van der Waals surface area contributed by atoms with Crippen LogP contribution in [0, 0.1) is 0 Å². The summed E-state index contributed by atoms with van der Waals surface area (Å²) in [5.41, 5.74) is 3.13. The lowest BCUT2D eigenvalue weighted by Gasteiger charge is -2.00. The van der Waals surface area contributed by atoms with Gasteiger partial charge in [-0.3, -0.25) is 4.68 Å². The molecule has 3 rings (SSSR count). The Bertz CT molecular complexity index is 618. The van der Waals surface area contributed by atoms with Crippen LogP contribution in [0.4, 0.5) is 0 Å². The number of aromatic nitrogens is 5. The smallest absolute Gasteiger partial charge is 0.0659 e. The largest absolute Gasteiger partial charge is 0.268 e. The summed E-state index contributed by atoms with van der Waals surface area (Å²) >= 11 is 0. The van der Waals surface area contributed by atoms with E-state index in [1.807, 2.05) is 35.3 Å². The molecule has 5 heteroatoms. The Morgan fingerprint density at radius 1 is 0.889 bits per heavy atom. The second-order valence-electron chi connectivity index (χ2n) is 3.95. The fourth-order valence-electron chi connectivity index (χ4n) is 1.76. The summed E-state index contributed by atoms with van der Waals surface area (Å²) in [7, 11) is 0. The number of hydrogen-bond donors (Lipinski definition) is 0. The first kappa shape index (κ1) is 10.6. The molecule has 2 aromatic heterocycles. The van der Waals surface area contributed by atoms with Crippen LogP contribution in [0.5, 0.6) is 0 Å². The standard InChI is InChI=1S/C13H11N5/c1-2-4-11(5-3-1)9-18-10-13(8-16-18)12-6-14-17-15-7-12/h1-8,10H,9H2. The normalized spacial score (nSPS) is 10.4. The van der Waals surface area contributed by atoms with Gasteiger partial charge in [-0.25, -0.2) is 0 Å². The molecule has 0 N–H and O–H groups in total. The summed E-state index contributed by atoms with van der Waals surface area (Å²) in [5.74, 6) is 0. The lowest BCUT2D eigenvalue weighted by molar-refractivity contribution is 0.687. The van der Waals surface area contributed by atoms with Gasteiger partial charge >= 0.3 is 0 Å². The fraction of sp³-hybridized carbons (Fsp3) is 0.0769. The van der Waals surface area contributed by atoms with E-state index in [4.69, 9.17) is 0 Å². The highest BCUT2D eigenvalue weighted by Crippen LogP contribution is 2.15. The van der Waals surface area contributed by atoms with Crippen LogP contribution >= 0.6 is 0 Å². The lowest BCUT2D eigenvalue weighted by Crippen LogP contribution is -1.99. The molecule has 0 amide bonds. The van der Waals surface area contributed by atoms with E-state index in [1.165, 1.54) is 5.56 Å². The molecule has 1 aromatic carbocycles. The van der Waals surface area contributed by atoms with Gasteiger partial charge in [0.25, 0.3) is 0 Å². The molecule has 5 nitrogen and oxygen atoms in total. The zero-order valence-corrected chi connectivity index (χ0v) is 9.64. The summed E-state index contributed by atoms with van der Waals surface area (Å²) < 4.78 is 1.89. The minimum atomic E-state index is 0.757. The molecule has 88 valence electrons. The summed E-state index contributed by atoms with van der Waals surface area (Å²) in [6.07, 6.45) is 7.14. The van der Waals surface area contributed by atoms with Gasteiger partial charge in [0, 0.05) is 17.3 Å². The summed E-state index contributed by atoms with van der Waals surface area (Å²) in [6, 6.07) is 10.2. The van der Waals surface area contributed by atoms with Gasteiger partial charge in [0.05, 0.1) is 25.1 Å². The molecular weight excluding hydrogens is 226 g/mol. The maximum atomic E-state index is 4.33. The molecule has 0 unspecified atom stereocenters. The first-order valence-electron chi connectivity index (χ1n) is 5.62.